The predicted octanol–water partition coefficient (Wildman–Crippen LogP) is 3.23. The van der Waals surface area contributed by atoms with Crippen molar-refractivity contribution in [1.82, 2.24) is 14.5 Å². The summed E-state index contributed by atoms with van der Waals surface area (Å²) in [6, 6.07) is 6.34. The van der Waals surface area contributed by atoms with E-state index in [-0.39, 0.29) is 17.8 Å². The molecule has 1 amide bonds. The minimum absolute atomic E-state index is 0.286. The standard InChI is InChI=1S/C18H12F2N4O2S/c1-9-22-15-11-3-2-6-21-17(11)27-16(15)18(26)24(9)8-14(25)23-13-7-10(19)4-5-12(13)20/h2-7H,8H2,1H3,(H,23,25). The SMILES string of the molecule is Cc1nc2c(sc3ncccc32)c(=O)n1CC(=O)Nc1cc(F)ccc1F. The molecule has 0 saturated carbocycles. The van der Waals surface area contributed by atoms with Crippen LogP contribution in [0, 0.1) is 18.6 Å². The van der Waals surface area contributed by atoms with Gasteiger partial charge in [0, 0.05) is 17.6 Å². The van der Waals surface area contributed by atoms with Crippen molar-refractivity contribution in [3.63, 3.8) is 0 Å². The molecule has 27 heavy (non-hydrogen) atoms. The fraction of sp³-hybridized carbons (Fsp3) is 0.111. The fourth-order valence-corrected chi connectivity index (χ4v) is 3.81. The normalized spacial score (nSPS) is 11.2. The zero-order valence-electron chi connectivity index (χ0n) is 14.0. The molecular formula is C18H12F2N4O2S. The van der Waals surface area contributed by atoms with Gasteiger partial charge in [-0.15, -0.1) is 11.3 Å². The maximum absolute atomic E-state index is 13.7. The van der Waals surface area contributed by atoms with Crippen LogP contribution in [0.3, 0.4) is 0 Å². The fourth-order valence-electron chi connectivity index (χ4n) is 2.78. The summed E-state index contributed by atoms with van der Waals surface area (Å²) < 4.78 is 28.5. The number of pyridine rings is 1. The summed E-state index contributed by atoms with van der Waals surface area (Å²) in [5.74, 6) is -1.77. The van der Waals surface area contributed by atoms with Gasteiger partial charge in [0.15, 0.2) is 0 Å². The molecule has 0 radical (unpaired) electrons. The third-order valence-electron chi connectivity index (χ3n) is 4.05. The smallest absolute Gasteiger partial charge is 0.272 e. The first-order chi connectivity index (χ1) is 12.9. The van der Waals surface area contributed by atoms with Gasteiger partial charge < -0.3 is 5.32 Å². The average Bonchev–Trinajstić information content (AvgIpc) is 3.01. The molecule has 0 spiro atoms. The van der Waals surface area contributed by atoms with Crippen LogP contribution in [0.1, 0.15) is 5.82 Å². The Bertz CT molecular complexity index is 1270. The molecule has 136 valence electrons. The van der Waals surface area contributed by atoms with Gasteiger partial charge in [0.2, 0.25) is 5.91 Å². The van der Waals surface area contributed by atoms with E-state index in [1.54, 1.807) is 19.2 Å². The molecule has 3 heterocycles. The first kappa shape index (κ1) is 17.2. The van der Waals surface area contributed by atoms with Crippen LogP contribution in [0.5, 0.6) is 0 Å². The van der Waals surface area contributed by atoms with Gasteiger partial charge in [-0.05, 0) is 31.2 Å². The highest BCUT2D eigenvalue weighted by molar-refractivity contribution is 7.25. The molecule has 6 nitrogen and oxygen atoms in total. The third kappa shape index (κ3) is 3.06. The molecule has 0 aliphatic heterocycles. The largest absolute Gasteiger partial charge is 0.322 e. The number of hydrogen-bond acceptors (Lipinski definition) is 5. The summed E-state index contributed by atoms with van der Waals surface area (Å²) in [6.45, 7) is 1.24. The first-order valence-corrected chi connectivity index (χ1v) is 8.75. The number of anilines is 1. The van der Waals surface area contributed by atoms with Crippen LogP contribution in [0.15, 0.2) is 41.3 Å². The quantitative estimate of drug-likeness (QED) is 0.587. The highest BCUT2D eigenvalue weighted by Gasteiger charge is 2.17. The zero-order chi connectivity index (χ0) is 19.1. The van der Waals surface area contributed by atoms with Gasteiger partial charge in [-0.3, -0.25) is 14.2 Å². The number of carbonyl (C=O) groups excluding carboxylic acids is 1. The van der Waals surface area contributed by atoms with Crippen LogP contribution in [0.2, 0.25) is 0 Å². The first-order valence-electron chi connectivity index (χ1n) is 7.93. The molecular weight excluding hydrogens is 374 g/mol. The summed E-state index contributed by atoms with van der Waals surface area (Å²) in [7, 11) is 0. The highest BCUT2D eigenvalue weighted by Crippen LogP contribution is 2.28. The number of rotatable bonds is 3. The Kier molecular flexibility index (Phi) is 4.15. The number of halogens is 2. The molecule has 3 aromatic heterocycles. The molecule has 1 N–H and O–H groups in total. The molecule has 0 aliphatic rings. The van der Waals surface area contributed by atoms with Crippen molar-refractivity contribution in [3.05, 3.63) is 64.3 Å². The summed E-state index contributed by atoms with van der Waals surface area (Å²) in [5, 5.41) is 3.05. The average molecular weight is 386 g/mol. The zero-order valence-corrected chi connectivity index (χ0v) is 14.8. The number of fused-ring (bicyclic) bond motifs is 3. The van der Waals surface area contributed by atoms with E-state index in [4.69, 9.17) is 0 Å². The summed E-state index contributed by atoms with van der Waals surface area (Å²) in [6.07, 6.45) is 1.63. The van der Waals surface area contributed by atoms with E-state index in [9.17, 15) is 18.4 Å². The maximum Gasteiger partial charge on any atom is 0.272 e. The van der Waals surface area contributed by atoms with Crippen molar-refractivity contribution in [2.75, 3.05) is 5.32 Å². The predicted molar refractivity (Wildman–Crippen MR) is 98.9 cm³/mol. The van der Waals surface area contributed by atoms with Gasteiger partial charge in [-0.25, -0.2) is 18.7 Å². The number of hydrogen-bond donors (Lipinski definition) is 1. The van der Waals surface area contributed by atoms with Crippen molar-refractivity contribution in [2.45, 2.75) is 13.5 Å². The molecule has 1 aromatic carbocycles. The number of nitrogens with zero attached hydrogens (tertiary/aromatic N) is 3. The Labute approximate surface area is 155 Å². The molecule has 0 fully saturated rings. The van der Waals surface area contributed by atoms with Crippen LogP contribution < -0.4 is 10.9 Å². The van der Waals surface area contributed by atoms with E-state index in [0.29, 0.717) is 20.9 Å². The number of thiophene rings is 1. The number of nitrogens with one attached hydrogen (secondary N) is 1. The number of benzene rings is 1. The Balaban J connectivity index is 1.71. The van der Waals surface area contributed by atoms with Gasteiger partial charge in [0.25, 0.3) is 5.56 Å². The van der Waals surface area contributed by atoms with E-state index in [0.717, 1.165) is 23.6 Å². The second-order valence-corrected chi connectivity index (χ2v) is 6.86. The van der Waals surface area contributed by atoms with Crippen molar-refractivity contribution < 1.29 is 13.6 Å². The minimum Gasteiger partial charge on any atom is -0.322 e. The second-order valence-electron chi connectivity index (χ2n) is 5.86. The number of aromatic nitrogens is 3. The molecule has 9 heteroatoms. The van der Waals surface area contributed by atoms with Crippen molar-refractivity contribution in [1.29, 1.82) is 0 Å². The van der Waals surface area contributed by atoms with E-state index >= 15 is 0 Å². The van der Waals surface area contributed by atoms with Crippen molar-refractivity contribution in [2.24, 2.45) is 0 Å². The van der Waals surface area contributed by atoms with E-state index < -0.39 is 17.5 Å². The molecule has 4 rings (SSSR count). The van der Waals surface area contributed by atoms with Crippen LogP contribution >= 0.6 is 11.3 Å². The van der Waals surface area contributed by atoms with E-state index in [1.807, 2.05) is 6.07 Å². The molecule has 4 aromatic rings. The number of amides is 1. The number of aryl methyl sites for hydroxylation is 1. The van der Waals surface area contributed by atoms with Gasteiger partial charge in [0.05, 0.1) is 11.2 Å². The van der Waals surface area contributed by atoms with Gasteiger partial charge in [0.1, 0.15) is 33.5 Å². The van der Waals surface area contributed by atoms with Crippen LogP contribution in [-0.4, -0.2) is 20.4 Å². The lowest BCUT2D eigenvalue weighted by Gasteiger charge is -2.10. The highest BCUT2D eigenvalue weighted by atomic mass is 32.1. The monoisotopic (exact) mass is 386 g/mol. The van der Waals surface area contributed by atoms with Crippen molar-refractivity contribution >= 4 is 43.4 Å². The van der Waals surface area contributed by atoms with Crippen LogP contribution in [0.25, 0.3) is 20.4 Å². The molecule has 0 aliphatic carbocycles. The number of carbonyl (C=O) groups is 1. The Morgan fingerprint density at radius 3 is 2.93 bits per heavy atom. The topological polar surface area (TPSA) is 76.9 Å². The third-order valence-corrected chi connectivity index (χ3v) is 5.14. The molecule has 0 saturated heterocycles. The van der Waals surface area contributed by atoms with E-state index in [2.05, 4.69) is 15.3 Å². The van der Waals surface area contributed by atoms with Crippen LogP contribution in [-0.2, 0) is 11.3 Å². The Morgan fingerprint density at radius 1 is 1.30 bits per heavy atom. The molecule has 0 bridgehead atoms. The summed E-state index contributed by atoms with van der Waals surface area (Å²) >= 11 is 1.20. The lowest BCUT2D eigenvalue weighted by Crippen LogP contribution is -2.30. The van der Waals surface area contributed by atoms with Gasteiger partial charge in [-0.2, -0.15) is 0 Å². The minimum atomic E-state index is -0.766. The van der Waals surface area contributed by atoms with Crippen LogP contribution in [0.4, 0.5) is 14.5 Å². The Hall–Kier alpha value is -3.20. The van der Waals surface area contributed by atoms with Gasteiger partial charge >= 0.3 is 0 Å². The van der Waals surface area contributed by atoms with Gasteiger partial charge in [-0.1, -0.05) is 0 Å². The summed E-state index contributed by atoms with van der Waals surface area (Å²) in [5.41, 5.74) is -0.125. The summed E-state index contributed by atoms with van der Waals surface area (Å²) in [4.78, 5) is 34.4. The molecule has 0 atom stereocenters. The second kappa shape index (κ2) is 6.51. The Morgan fingerprint density at radius 2 is 2.11 bits per heavy atom. The van der Waals surface area contributed by atoms with E-state index in [1.165, 1.54) is 15.9 Å². The lowest BCUT2D eigenvalue weighted by atomic mass is 10.3. The maximum atomic E-state index is 13.7. The molecule has 0 unspecified atom stereocenters. The lowest BCUT2D eigenvalue weighted by molar-refractivity contribution is -0.116. The van der Waals surface area contributed by atoms with Crippen molar-refractivity contribution in [3.8, 4) is 0 Å².